The van der Waals surface area contributed by atoms with Gasteiger partial charge >= 0.3 is 5.97 Å². The second kappa shape index (κ2) is 5.59. The first kappa shape index (κ1) is 14.1. The number of hydrogen-bond acceptors (Lipinski definition) is 4. The van der Waals surface area contributed by atoms with E-state index >= 15 is 0 Å². The number of anilines is 1. The van der Waals surface area contributed by atoms with Crippen LogP contribution in [-0.2, 0) is 9.53 Å². The van der Waals surface area contributed by atoms with Gasteiger partial charge in [0.05, 0.1) is 11.9 Å². The maximum Gasteiger partial charge on any atom is 0.354 e. The lowest BCUT2D eigenvalue weighted by molar-refractivity contribution is -0.136. The molecule has 0 radical (unpaired) electrons. The third-order valence-electron chi connectivity index (χ3n) is 2.85. The summed E-state index contributed by atoms with van der Waals surface area (Å²) in [6.07, 6.45) is 1.82. The Morgan fingerprint density at radius 1 is 1.50 bits per heavy atom. The first-order chi connectivity index (χ1) is 8.42. The summed E-state index contributed by atoms with van der Waals surface area (Å²) in [4.78, 5) is 26.3. The maximum atomic E-state index is 11.9. The van der Waals surface area contributed by atoms with Crippen LogP contribution in [0, 0.1) is 0 Å². The van der Waals surface area contributed by atoms with Crippen molar-refractivity contribution in [2.45, 2.75) is 25.9 Å². The number of rotatable bonds is 5. The number of carboxylic acids is 1. The molecule has 1 rings (SSSR count). The van der Waals surface area contributed by atoms with Crippen LogP contribution in [0.5, 0.6) is 0 Å². The van der Waals surface area contributed by atoms with Gasteiger partial charge in [-0.3, -0.25) is 4.79 Å². The van der Waals surface area contributed by atoms with Crippen LogP contribution in [0.4, 0.5) is 5.69 Å². The largest absolute Gasteiger partial charge is 0.477 e. The van der Waals surface area contributed by atoms with Crippen molar-refractivity contribution in [2.24, 2.45) is 0 Å². The molecule has 6 heteroatoms. The van der Waals surface area contributed by atoms with Crippen molar-refractivity contribution in [2.75, 3.05) is 12.4 Å². The van der Waals surface area contributed by atoms with Crippen LogP contribution in [0.2, 0.25) is 0 Å². The molecule has 18 heavy (non-hydrogen) atoms. The maximum absolute atomic E-state index is 11.9. The lowest BCUT2D eigenvalue weighted by atomic mass is 10.0. The SMILES string of the molecule is CCC(C)(OC)C(=O)Nc1ccc(C(=O)O)nc1. The monoisotopic (exact) mass is 252 g/mol. The minimum Gasteiger partial charge on any atom is -0.477 e. The summed E-state index contributed by atoms with van der Waals surface area (Å²) >= 11 is 0. The highest BCUT2D eigenvalue weighted by atomic mass is 16.5. The van der Waals surface area contributed by atoms with Gasteiger partial charge in [0.1, 0.15) is 11.3 Å². The number of nitrogens with one attached hydrogen (secondary N) is 1. The van der Waals surface area contributed by atoms with Crippen molar-refractivity contribution >= 4 is 17.6 Å². The van der Waals surface area contributed by atoms with E-state index < -0.39 is 11.6 Å². The number of amides is 1. The molecule has 1 aromatic rings. The molecule has 0 spiro atoms. The summed E-state index contributed by atoms with van der Waals surface area (Å²) in [5.41, 5.74) is -0.550. The first-order valence-electron chi connectivity index (χ1n) is 5.49. The number of carbonyl (C=O) groups is 2. The van der Waals surface area contributed by atoms with E-state index in [1.807, 2.05) is 6.92 Å². The van der Waals surface area contributed by atoms with Crippen molar-refractivity contribution < 1.29 is 19.4 Å². The summed E-state index contributed by atoms with van der Waals surface area (Å²) in [5.74, 6) is -1.40. The zero-order valence-electron chi connectivity index (χ0n) is 10.6. The summed E-state index contributed by atoms with van der Waals surface area (Å²) in [7, 11) is 1.47. The fourth-order valence-corrected chi connectivity index (χ4v) is 1.26. The van der Waals surface area contributed by atoms with Crippen LogP contribution in [0.25, 0.3) is 0 Å². The van der Waals surface area contributed by atoms with Crippen molar-refractivity contribution in [3.05, 3.63) is 24.0 Å². The standard InChI is InChI=1S/C12H16N2O4/c1-4-12(2,18-3)11(17)14-8-5-6-9(10(15)16)13-7-8/h5-7H,4H2,1-3H3,(H,14,17)(H,15,16). The van der Waals surface area contributed by atoms with E-state index in [2.05, 4.69) is 10.3 Å². The molecule has 0 saturated carbocycles. The van der Waals surface area contributed by atoms with Gasteiger partial charge in [-0.1, -0.05) is 6.92 Å². The number of carboxylic acid groups (broad SMARTS) is 1. The number of carbonyl (C=O) groups excluding carboxylic acids is 1. The molecule has 1 aromatic heterocycles. The Kier molecular flexibility index (Phi) is 4.38. The molecule has 0 aliphatic rings. The summed E-state index contributed by atoms with van der Waals surface area (Å²) in [5, 5.41) is 11.3. The van der Waals surface area contributed by atoms with E-state index in [-0.39, 0.29) is 11.6 Å². The molecule has 2 N–H and O–H groups in total. The average molecular weight is 252 g/mol. The third-order valence-corrected chi connectivity index (χ3v) is 2.85. The molecule has 1 unspecified atom stereocenters. The van der Waals surface area contributed by atoms with Crippen molar-refractivity contribution in [3.8, 4) is 0 Å². The second-order valence-corrected chi connectivity index (χ2v) is 3.98. The molecule has 0 aliphatic heterocycles. The number of methoxy groups -OCH3 is 1. The highest BCUT2D eigenvalue weighted by molar-refractivity contribution is 5.97. The number of ether oxygens (including phenoxy) is 1. The molecule has 0 fully saturated rings. The number of pyridine rings is 1. The van der Waals surface area contributed by atoms with E-state index in [9.17, 15) is 9.59 Å². The lowest BCUT2D eigenvalue weighted by Crippen LogP contribution is -2.41. The minimum absolute atomic E-state index is 0.0713. The van der Waals surface area contributed by atoms with Crippen LogP contribution >= 0.6 is 0 Å². The van der Waals surface area contributed by atoms with Crippen LogP contribution < -0.4 is 5.32 Å². The van der Waals surface area contributed by atoms with E-state index in [1.54, 1.807) is 6.92 Å². The van der Waals surface area contributed by atoms with Crippen molar-refractivity contribution in [1.29, 1.82) is 0 Å². The third kappa shape index (κ3) is 3.04. The predicted molar refractivity (Wildman–Crippen MR) is 65.5 cm³/mol. The zero-order valence-corrected chi connectivity index (χ0v) is 10.6. The minimum atomic E-state index is -1.11. The normalized spacial score (nSPS) is 13.7. The Balaban J connectivity index is 2.79. The van der Waals surface area contributed by atoms with E-state index in [4.69, 9.17) is 9.84 Å². The van der Waals surface area contributed by atoms with Gasteiger partial charge < -0.3 is 15.2 Å². The molecule has 1 amide bonds. The average Bonchev–Trinajstić information content (AvgIpc) is 2.38. The smallest absolute Gasteiger partial charge is 0.354 e. The molecule has 98 valence electrons. The second-order valence-electron chi connectivity index (χ2n) is 3.98. The summed E-state index contributed by atoms with van der Waals surface area (Å²) in [6.45, 7) is 3.52. The Morgan fingerprint density at radius 2 is 2.17 bits per heavy atom. The molecule has 1 heterocycles. The van der Waals surface area contributed by atoms with Crippen LogP contribution in [0.1, 0.15) is 30.8 Å². The van der Waals surface area contributed by atoms with E-state index in [1.165, 1.54) is 25.4 Å². The summed E-state index contributed by atoms with van der Waals surface area (Å²) in [6, 6.07) is 2.81. The van der Waals surface area contributed by atoms with Gasteiger partial charge in [0.25, 0.3) is 5.91 Å². The molecule has 6 nitrogen and oxygen atoms in total. The number of hydrogen-bond donors (Lipinski definition) is 2. The Morgan fingerprint density at radius 3 is 2.56 bits per heavy atom. The van der Waals surface area contributed by atoms with Gasteiger partial charge in [-0.25, -0.2) is 9.78 Å². The highest BCUT2D eigenvalue weighted by Crippen LogP contribution is 2.17. The summed E-state index contributed by atoms with van der Waals surface area (Å²) < 4.78 is 5.16. The van der Waals surface area contributed by atoms with E-state index in [0.29, 0.717) is 12.1 Å². The Hall–Kier alpha value is -1.95. The molecule has 0 saturated heterocycles. The number of nitrogens with zero attached hydrogens (tertiary/aromatic N) is 1. The molecular formula is C12H16N2O4. The zero-order chi connectivity index (χ0) is 13.8. The Bertz CT molecular complexity index is 438. The first-order valence-corrected chi connectivity index (χ1v) is 5.49. The predicted octanol–water partition coefficient (Wildman–Crippen LogP) is 1.53. The van der Waals surface area contributed by atoms with Crippen LogP contribution in [-0.4, -0.2) is 34.7 Å². The van der Waals surface area contributed by atoms with Gasteiger partial charge in [-0.15, -0.1) is 0 Å². The molecule has 0 aromatic carbocycles. The fraction of sp³-hybridized carbons (Fsp3) is 0.417. The number of aromatic carboxylic acids is 1. The van der Waals surface area contributed by atoms with E-state index in [0.717, 1.165) is 0 Å². The Labute approximate surface area is 105 Å². The van der Waals surface area contributed by atoms with Gasteiger partial charge in [0.15, 0.2) is 0 Å². The van der Waals surface area contributed by atoms with Crippen molar-refractivity contribution in [3.63, 3.8) is 0 Å². The topological polar surface area (TPSA) is 88.5 Å². The number of aromatic nitrogens is 1. The van der Waals surface area contributed by atoms with Gasteiger partial charge in [-0.05, 0) is 25.5 Å². The van der Waals surface area contributed by atoms with Crippen LogP contribution in [0.3, 0.4) is 0 Å². The highest BCUT2D eigenvalue weighted by Gasteiger charge is 2.30. The fourth-order valence-electron chi connectivity index (χ4n) is 1.26. The molecule has 0 bridgehead atoms. The molecule has 1 atom stereocenters. The van der Waals surface area contributed by atoms with Gasteiger partial charge in [0, 0.05) is 7.11 Å². The quantitative estimate of drug-likeness (QED) is 0.829. The van der Waals surface area contributed by atoms with Crippen LogP contribution in [0.15, 0.2) is 18.3 Å². The van der Waals surface area contributed by atoms with Gasteiger partial charge in [0.2, 0.25) is 0 Å². The van der Waals surface area contributed by atoms with Crippen molar-refractivity contribution in [1.82, 2.24) is 4.98 Å². The lowest BCUT2D eigenvalue weighted by Gasteiger charge is -2.25. The van der Waals surface area contributed by atoms with Gasteiger partial charge in [-0.2, -0.15) is 0 Å². The molecule has 0 aliphatic carbocycles. The molecular weight excluding hydrogens is 236 g/mol.